The fourth-order valence-electron chi connectivity index (χ4n) is 2.07. The predicted octanol–water partition coefficient (Wildman–Crippen LogP) is 0.157. The van der Waals surface area contributed by atoms with Crippen molar-refractivity contribution in [2.45, 2.75) is 19.4 Å². The molecule has 0 unspecified atom stereocenters. The van der Waals surface area contributed by atoms with Gasteiger partial charge < -0.3 is 10.1 Å². The van der Waals surface area contributed by atoms with Crippen LogP contribution in [0.15, 0.2) is 0 Å². The van der Waals surface area contributed by atoms with Crippen LogP contribution in [0, 0.1) is 11.8 Å². The van der Waals surface area contributed by atoms with Gasteiger partial charge in [-0.1, -0.05) is 0 Å². The van der Waals surface area contributed by atoms with E-state index in [1.54, 1.807) is 0 Å². The average Bonchev–Trinajstić information content (AvgIpc) is 2.44. The van der Waals surface area contributed by atoms with Gasteiger partial charge in [-0.25, -0.2) is 0 Å². The van der Waals surface area contributed by atoms with Crippen molar-refractivity contribution in [1.29, 1.82) is 0 Å². The molecule has 0 aromatic carbocycles. The molecular weight excluding hydrogens is 142 g/mol. The fraction of sp³-hybridized carbons (Fsp3) is 0.875. The molecule has 0 radical (unpaired) electrons. The minimum absolute atomic E-state index is 0.00116. The van der Waals surface area contributed by atoms with Crippen LogP contribution in [0.3, 0.4) is 0 Å². The number of nitrogens with one attached hydrogen (secondary N) is 1. The van der Waals surface area contributed by atoms with Crippen molar-refractivity contribution in [3.05, 3.63) is 0 Å². The number of hydrogen-bond donors (Lipinski definition) is 1. The van der Waals surface area contributed by atoms with Crippen LogP contribution >= 0.6 is 0 Å². The zero-order valence-corrected chi connectivity index (χ0v) is 6.67. The van der Waals surface area contributed by atoms with Gasteiger partial charge in [-0.15, -0.1) is 0 Å². The Morgan fingerprint density at radius 1 is 1.73 bits per heavy atom. The summed E-state index contributed by atoms with van der Waals surface area (Å²) in [5.41, 5.74) is 0. The summed E-state index contributed by atoms with van der Waals surface area (Å²) in [5.74, 6) is 0.743. The van der Waals surface area contributed by atoms with Gasteiger partial charge in [0.15, 0.2) is 0 Å². The third-order valence-electron chi connectivity index (χ3n) is 2.70. The quantitative estimate of drug-likeness (QED) is 0.577. The normalized spacial score (nSPS) is 39.9. The highest BCUT2D eigenvalue weighted by Gasteiger charge is 2.51. The van der Waals surface area contributed by atoms with Crippen molar-refractivity contribution in [3.8, 4) is 0 Å². The van der Waals surface area contributed by atoms with E-state index in [9.17, 15) is 4.79 Å². The molecule has 62 valence electrons. The van der Waals surface area contributed by atoms with E-state index >= 15 is 0 Å². The second kappa shape index (κ2) is 2.48. The molecule has 3 rings (SSSR count). The molecule has 2 heterocycles. The molecule has 3 aliphatic rings. The molecule has 0 spiro atoms. The van der Waals surface area contributed by atoms with Crippen LogP contribution in [0.4, 0.5) is 0 Å². The minimum atomic E-state index is -0.00116. The maximum atomic E-state index is 11.2. The summed E-state index contributed by atoms with van der Waals surface area (Å²) in [6, 6.07) is 0.430. The number of fused-ring (bicyclic) bond motifs is 1. The van der Waals surface area contributed by atoms with Gasteiger partial charge in [-0.3, -0.25) is 4.79 Å². The first-order valence-corrected chi connectivity index (χ1v) is 4.23. The van der Waals surface area contributed by atoms with E-state index in [1.165, 1.54) is 6.42 Å². The van der Waals surface area contributed by atoms with Gasteiger partial charge in [0, 0.05) is 6.04 Å². The molecule has 2 aliphatic heterocycles. The van der Waals surface area contributed by atoms with Crippen molar-refractivity contribution in [2.24, 2.45) is 11.8 Å². The highest BCUT2D eigenvalue weighted by atomic mass is 16.5. The zero-order valence-electron chi connectivity index (χ0n) is 6.67. The molecule has 2 bridgehead atoms. The molecule has 1 saturated carbocycles. The van der Waals surface area contributed by atoms with E-state index < -0.39 is 0 Å². The van der Waals surface area contributed by atoms with Crippen LogP contribution in [0.25, 0.3) is 0 Å². The summed E-state index contributed by atoms with van der Waals surface area (Å²) in [6.45, 7) is 3.37. The zero-order chi connectivity index (χ0) is 7.84. The molecule has 0 amide bonds. The molecule has 3 heteroatoms. The van der Waals surface area contributed by atoms with Gasteiger partial charge in [0.25, 0.3) is 0 Å². The Balaban J connectivity index is 1.92. The number of carbonyl (C=O) groups is 1. The summed E-state index contributed by atoms with van der Waals surface area (Å²) in [5, 5.41) is 3.28. The number of rotatable bonds is 2. The molecule has 0 aromatic rings. The summed E-state index contributed by atoms with van der Waals surface area (Å²) in [6.07, 6.45) is 1.17. The SMILES string of the molecule is CCOC(=O)[C@H]1[C@H]2CN[C@@H]1C2. The van der Waals surface area contributed by atoms with E-state index in [0.717, 1.165) is 6.54 Å². The van der Waals surface area contributed by atoms with Crippen molar-refractivity contribution < 1.29 is 9.53 Å². The lowest BCUT2D eigenvalue weighted by Gasteiger charge is -2.31. The largest absolute Gasteiger partial charge is 0.466 e. The third-order valence-corrected chi connectivity index (χ3v) is 2.70. The van der Waals surface area contributed by atoms with Gasteiger partial charge in [0.05, 0.1) is 12.5 Å². The summed E-state index contributed by atoms with van der Waals surface area (Å²) in [4.78, 5) is 11.2. The predicted molar refractivity (Wildman–Crippen MR) is 40.0 cm³/mol. The molecule has 2 saturated heterocycles. The molecule has 0 aromatic heterocycles. The summed E-state index contributed by atoms with van der Waals surface area (Å²) >= 11 is 0. The van der Waals surface area contributed by atoms with E-state index in [1.807, 2.05) is 6.92 Å². The Kier molecular flexibility index (Phi) is 1.60. The van der Waals surface area contributed by atoms with Crippen LogP contribution in [-0.4, -0.2) is 25.2 Å². The minimum Gasteiger partial charge on any atom is -0.466 e. The first-order chi connectivity index (χ1) is 5.33. The lowest BCUT2D eigenvalue weighted by molar-refractivity contribution is -0.153. The summed E-state index contributed by atoms with van der Waals surface area (Å²) < 4.78 is 4.95. The molecular formula is C8H13NO2. The monoisotopic (exact) mass is 155 g/mol. The maximum absolute atomic E-state index is 11.2. The molecule has 3 nitrogen and oxygen atoms in total. The lowest BCUT2D eigenvalue weighted by atomic mass is 9.74. The maximum Gasteiger partial charge on any atom is 0.310 e. The second-order valence-corrected chi connectivity index (χ2v) is 3.29. The van der Waals surface area contributed by atoms with Gasteiger partial charge in [-0.05, 0) is 25.8 Å². The Bertz CT molecular complexity index is 167. The Hall–Kier alpha value is -0.570. The van der Waals surface area contributed by atoms with E-state index in [0.29, 0.717) is 18.6 Å². The summed E-state index contributed by atoms with van der Waals surface area (Å²) in [7, 11) is 0. The first kappa shape index (κ1) is 7.10. The Morgan fingerprint density at radius 3 is 3.00 bits per heavy atom. The van der Waals surface area contributed by atoms with Gasteiger partial charge in [0.2, 0.25) is 0 Å². The molecule has 3 atom stereocenters. The van der Waals surface area contributed by atoms with Crippen LogP contribution in [0.2, 0.25) is 0 Å². The molecule has 11 heavy (non-hydrogen) atoms. The topological polar surface area (TPSA) is 38.3 Å². The number of ether oxygens (including phenoxy) is 1. The van der Waals surface area contributed by atoms with Crippen LogP contribution in [0.5, 0.6) is 0 Å². The number of esters is 1. The van der Waals surface area contributed by atoms with Crippen LogP contribution in [-0.2, 0) is 9.53 Å². The van der Waals surface area contributed by atoms with Crippen molar-refractivity contribution in [2.75, 3.05) is 13.2 Å². The van der Waals surface area contributed by atoms with Crippen molar-refractivity contribution in [3.63, 3.8) is 0 Å². The van der Waals surface area contributed by atoms with E-state index in [-0.39, 0.29) is 11.9 Å². The van der Waals surface area contributed by atoms with Crippen molar-refractivity contribution >= 4 is 5.97 Å². The van der Waals surface area contributed by atoms with Gasteiger partial charge in [-0.2, -0.15) is 0 Å². The lowest BCUT2D eigenvalue weighted by Crippen LogP contribution is -2.43. The fourth-order valence-corrected chi connectivity index (χ4v) is 2.07. The van der Waals surface area contributed by atoms with E-state index in [4.69, 9.17) is 4.74 Å². The first-order valence-electron chi connectivity index (χ1n) is 4.23. The van der Waals surface area contributed by atoms with Crippen LogP contribution in [0.1, 0.15) is 13.3 Å². The van der Waals surface area contributed by atoms with Gasteiger partial charge in [0.1, 0.15) is 0 Å². The smallest absolute Gasteiger partial charge is 0.310 e. The molecule has 1 N–H and O–H groups in total. The van der Waals surface area contributed by atoms with Gasteiger partial charge >= 0.3 is 5.97 Å². The van der Waals surface area contributed by atoms with E-state index in [2.05, 4.69) is 5.32 Å². The third kappa shape index (κ3) is 0.948. The Morgan fingerprint density at radius 2 is 2.55 bits per heavy atom. The highest BCUT2D eigenvalue weighted by Crippen LogP contribution is 2.40. The molecule has 1 aliphatic carbocycles. The highest BCUT2D eigenvalue weighted by molar-refractivity contribution is 5.75. The molecule has 3 fully saturated rings. The number of carbonyl (C=O) groups excluding carboxylic acids is 1. The standard InChI is InChI=1S/C8H13NO2/c1-2-11-8(10)7-5-3-6(7)9-4-5/h5-7,9H,2-4H2,1H3/t5-,6-,7+/m1/s1. The average molecular weight is 155 g/mol. The van der Waals surface area contributed by atoms with Crippen LogP contribution < -0.4 is 5.32 Å². The Labute approximate surface area is 66.1 Å². The second-order valence-electron chi connectivity index (χ2n) is 3.29. The van der Waals surface area contributed by atoms with Crippen molar-refractivity contribution in [1.82, 2.24) is 5.32 Å². The number of hydrogen-bond acceptors (Lipinski definition) is 3.